The van der Waals surface area contributed by atoms with Gasteiger partial charge in [-0.2, -0.15) is 0 Å². The summed E-state index contributed by atoms with van der Waals surface area (Å²) < 4.78 is 23.2. The van der Waals surface area contributed by atoms with Crippen LogP contribution in [0.2, 0.25) is 0 Å². The molecule has 320 valence electrons. The lowest BCUT2D eigenvalue weighted by atomic mass is 9.94. The van der Waals surface area contributed by atoms with E-state index in [-0.39, 0.29) is 0 Å². The number of fused-ring (bicyclic) bond motifs is 2. The van der Waals surface area contributed by atoms with E-state index in [1.807, 2.05) is 24.3 Å². The maximum Gasteiger partial charge on any atom is 0.781 e. The van der Waals surface area contributed by atoms with Gasteiger partial charge in [-0.3, -0.25) is 9.59 Å². The van der Waals surface area contributed by atoms with E-state index in [4.69, 9.17) is 18.6 Å². The molecule has 0 bridgehead atoms. The van der Waals surface area contributed by atoms with Crippen LogP contribution in [-0.2, 0) is 22.2 Å². The average molecular weight is 788 g/mol. The predicted molar refractivity (Wildman–Crippen MR) is 237 cm³/mol. The molecule has 0 aliphatic carbocycles. The highest BCUT2D eigenvalue weighted by Crippen LogP contribution is 2.37. The average Bonchev–Trinajstić information content (AvgIpc) is 3.21. The highest BCUT2D eigenvalue weighted by atomic mass is 16.9. The number of benzene rings is 2. The number of carbonyl (C=O) groups excluding carboxylic acids is 2. The third-order valence-corrected chi connectivity index (χ3v) is 12.2. The molecule has 2 aliphatic heterocycles. The molecular formula is C50H80BO6-. The lowest BCUT2D eigenvalue weighted by Crippen LogP contribution is -2.61. The van der Waals surface area contributed by atoms with Crippen LogP contribution < -0.4 is 9.31 Å². The Morgan fingerprint density at radius 2 is 0.614 bits per heavy atom. The Kier molecular flexibility index (Phi) is 23.3. The van der Waals surface area contributed by atoms with Crippen molar-refractivity contribution >= 4 is 18.9 Å². The molecule has 0 unspecified atom stereocenters. The van der Waals surface area contributed by atoms with Crippen LogP contribution in [0.15, 0.2) is 36.4 Å². The summed E-state index contributed by atoms with van der Waals surface area (Å²) in [6.07, 6.45) is 44.8. The van der Waals surface area contributed by atoms with Gasteiger partial charge in [0.15, 0.2) is 0 Å². The van der Waals surface area contributed by atoms with Crippen molar-refractivity contribution in [2.75, 3.05) is 0 Å². The molecule has 1 spiro atoms. The third kappa shape index (κ3) is 18.2. The van der Waals surface area contributed by atoms with Crippen LogP contribution in [0.3, 0.4) is 0 Å². The van der Waals surface area contributed by atoms with Crippen LogP contribution in [0.25, 0.3) is 0 Å². The Bertz CT molecular complexity index is 1300. The number of carbonyl (C=O) groups is 2. The van der Waals surface area contributed by atoms with Crippen molar-refractivity contribution in [1.29, 1.82) is 0 Å². The van der Waals surface area contributed by atoms with E-state index >= 15 is 0 Å². The Labute approximate surface area is 348 Å². The summed E-state index contributed by atoms with van der Waals surface area (Å²) in [5.41, 5.74) is 2.84. The molecule has 0 radical (unpaired) electrons. The molecule has 0 aromatic heterocycles. The molecule has 0 amide bonds. The van der Waals surface area contributed by atoms with Gasteiger partial charge < -0.3 is 18.6 Å². The van der Waals surface area contributed by atoms with Gasteiger partial charge in [-0.1, -0.05) is 219 Å². The summed E-state index contributed by atoms with van der Waals surface area (Å²) >= 11 is 0. The molecule has 0 fully saturated rings. The smallest absolute Gasteiger partial charge is 0.610 e. The Morgan fingerprint density at radius 3 is 0.895 bits per heavy atom. The quantitative estimate of drug-likeness (QED) is 0.0520. The number of unbranched alkanes of at least 4 members (excludes halogenated alkanes) is 30. The van der Waals surface area contributed by atoms with E-state index < -0.39 is 18.9 Å². The minimum atomic E-state index is -3.07. The van der Waals surface area contributed by atoms with Crippen LogP contribution in [0.1, 0.15) is 251 Å². The molecule has 2 aromatic carbocycles. The lowest BCUT2D eigenvalue weighted by Gasteiger charge is -2.45. The van der Waals surface area contributed by atoms with Crippen LogP contribution >= 0.6 is 0 Å². The van der Waals surface area contributed by atoms with Crippen molar-refractivity contribution < 1.29 is 28.2 Å². The second kappa shape index (κ2) is 28.5. The van der Waals surface area contributed by atoms with Crippen molar-refractivity contribution in [3.8, 4) is 11.5 Å². The van der Waals surface area contributed by atoms with E-state index in [1.165, 1.54) is 193 Å². The van der Waals surface area contributed by atoms with Gasteiger partial charge in [-0.25, -0.2) is 0 Å². The normalized spacial score (nSPS) is 14.1. The van der Waals surface area contributed by atoms with Crippen LogP contribution in [-0.4, -0.2) is 18.9 Å². The molecule has 0 N–H and O–H groups in total. The van der Waals surface area contributed by atoms with E-state index in [1.54, 1.807) is 12.1 Å². The Morgan fingerprint density at radius 1 is 0.351 bits per heavy atom. The van der Waals surface area contributed by atoms with Crippen molar-refractivity contribution in [1.82, 2.24) is 0 Å². The first-order chi connectivity index (χ1) is 28.0. The maximum absolute atomic E-state index is 13.2. The number of aryl methyl sites for hydroxylation is 2. The SMILES string of the molecule is CCCCCCCCCCCCCCCCCCc1ccc2c(c1)C(=O)O[B-]1(OC(=O)c3cc(CCCCCCCCCCCCCCCCCC)ccc3O1)O2. The maximum atomic E-state index is 13.2. The summed E-state index contributed by atoms with van der Waals surface area (Å²) in [6.45, 7) is 1.50. The first-order valence-corrected chi connectivity index (χ1v) is 24.3. The summed E-state index contributed by atoms with van der Waals surface area (Å²) in [4.78, 5) is 26.4. The number of rotatable bonds is 34. The molecule has 0 atom stereocenters. The molecule has 2 heterocycles. The molecular weight excluding hydrogens is 707 g/mol. The van der Waals surface area contributed by atoms with Gasteiger partial charge >= 0.3 is 18.9 Å². The Hall–Kier alpha value is -2.96. The zero-order valence-corrected chi connectivity index (χ0v) is 36.5. The molecule has 4 rings (SSSR count). The van der Waals surface area contributed by atoms with Crippen molar-refractivity contribution in [3.05, 3.63) is 58.7 Å². The largest absolute Gasteiger partial charge is 0.781 e. The highest BCUT2D eigenvalue weighted by Gasteiger charge is 2.52. The Balaban J connectivity index is 1.05. The molecule has 0 saturated heterocycles. The second-order valence-corrected chi connectivity index (χ2v) is 17.4. The fourth-order valence-electron chi connectivity index (χ4n) is 8.59. The van der Waals surface area contributed by atoms with Crippen LogP contribution in [0.5, 0.6) is 11.5 Å². The van der Waals surface area contributed by atoms with Crippen LogP contribution in [0, 0.1) is 0 Å². The topological polar surface area (TPSA) is 71.1 Å². The van der Waals surface area contributed by atoms with E-state index in [9.17, 15) is 9.59 Å². The zero-order valence-electron chi connectivity index (χ0n) is 36.5. The highest BCUT2D eigenvalue weighted by molar-refractivity contribution is 6.61. The van der Waals surface area contributed by atoms with Gasteiger partial charge in [0, 0.05) is 0 Å². The number of hydrogen-bond donors (Lipinski definition) is 0. The van der Waals surface area contributed by atoms with Crippen molar-refractivity contribution in [2.45, 2.75) is 232 Å². The molecule has 0 saturated carbocycles. The van der Waals surface area contributed by atoms with Gasteiger partial charge in [-0.15, -0.1) is 0 Å². The molecule has 2 aromatic rings. The van der Waals surface area contributed by atoms with Gasteiger partial charge in [0.2, 0.25) is 0 Å². The second-order valence-electron chi connectivity index (χ2n) is 17.4. The zero-order chi connectivity index (χ0) is 40.2. The van der Waals surface area contributed by atoms with Gasteiger partial charge in [-0.05, 0) is 61.1 Å². The van der Waals surface area contributed by atoms with E-state index in [0.29, 0.717) is 22.6 Å². The monoisotopic (exact) mass is 788 g/mol. The van der Waals surface area contributed by atoms with E-state index in [2.05, 4.69) is 13.8 Å². The molecule has 57 heavy (non-hydrogen) atoms. The minimum absolute atomic E-state index is 0.318. The van der Waals surface area contributed by atoms with Gasteiger partial charge in [0.05, 0.1) is 22.6 Å². The molecule has 2 aliphatic rings. The summed E-state index contributed by atoms with van der Waals surface area (Å²) in [7, 11) is 0. The minimum Gasteiger partial charge on any atom is -0.610 e. The summed E-state index contributed by atoms with van der Waals surface area (Å²) in [5.74, 6) is -0.556. The third-order valence-electron chi connectivity index (χ3n) is 12.2. The van der Waals surface area contributed by atoms with Crippen molar-refractivity contribution in [3.63, 3.8) is 0 Å². The summed E-state index contributed by atoms with van der Waals surface area (Å²) in [6, 6.07) is 11.2. The number of hydrogen-bond acceptors (Lipinski definition) is 6. The first kappa shape index (κ1) is 46.7. The van der Waals surface area contributed by atoms with Crippen LogP contribution in [0.4, 0.5) is 0 Å². The summed E-state index contributed by atoms with van der Waals surface area (Å²) in [5, 5.41) is 0. The standard InChI is InChI=1S/C50H80BO6/c1-3-5-7-9-11-13-15-17-19-21-23-25-27-29-31-33-35-43-37-39-47-45(41-43)49(52)56-51(54-47)55-48-40-38-44(42-46(48)50(53)57-51)36-34-32-30-28-26-24-22-20-18-16-14-12-10-8-6-4-2/h37-42H,3-36H2,1-2H3/q-1. The first-order valence-electron chi connectivity index (χ1n) is 24.3. The predicted octanol–water partition coefficient (Wildman–Crippen LogP) is 15.5. The van der Waals surface area contributed by atoms with Gasteiger partial charge in [0.25, 0.3) is 0 Å². The lowest BCUT2D eigenvalue weighted by molar-refractivity contribution is 0.0177. The fraction of sp³-hybridized carbons (Fsp3) is 0.720. The van der Waals surface area contributed by atoms with Gasteiger partial charge in [0.1, 0.15) is 0 Å². The molecule has 6 nitrogen and oxygen atoms in total. The fourth-order valence-corrected chi connectivity index (χ4v) is 8.59. The molecule has 7 heteroatoms. The van der Waals surface area contributed by atoms with E-state index in [0.717, 1.165) is 36.8 Å². The van der Waals surface area contributed by atoms with Crippen molar-refractivity contribution in [2.24, 2.45) is 0 Å².